The minimum absolute atomic E-state index is 0.0582. The lowest BCUT2D eigenvalue weighted by Crippen LogP contribution is -2.18. The summed E-state index contributed by atoms with van der Waals surface area (Å²) in [5.74, 6) is -0.246. The van der Waals surface area contributed by atoms with Crippen LogP contribution in [0.15, 0.2) is 65.0 Å². The smallest absolute Gasteiger partial charge is 0.263 e. The summed E-state index contributed by atoms with van der Waals surface area (Å²) >= 11 is 2.36. The van der Waals surface area contributed by atoms with Gasteiger partial charge < -0.3 is 10.6 Å². The summed E-state index contributed by atoms with van der Waals surface area (Å²) < 4.78 is 27.0. The van der Waals surface area contributed by atoms with Gasteiger partial charge in [-0.1, -0.05) is 12.1 Å². The van der Waals surface area contributed by atoms with Crippen molar-refractivity contribution in [1.29, 1.82) is 0 Å². The van der Waals surface area contributed by atoms with E-state index in [1.807, 2.05) is 25.1 Å². The van der Waals surface area contributed by atoms with Crippen molar-refractivity contribution in [3.05, 3.63) is 65.7 Å². The Labute approximate surface area is 188 Å². The monoisotopic (exact) mass is 476 g/mol. The predicted molar refractivity (Wildman–Crippen MR) is 125 cm³/mol. The predicted octanol–water partition coefficient (Wildman–Crippen LogP) is 3.56. The van der Waals surface area contributed by atoms with Crippen LogP contribution in [0.2, 0.25) is 0 Å². The van der Waals surface area contributed by atoms with E-state index in [0.29, 0.717) is 5.69 Å². The molecule has 3 aromatic rings. The number of aryl methyl sites for hydroxylation is 1. The third-order valence-electron chi connectivity index (χ3n) is 3.87. The number of nitrogens with zero attached hydrogens (tertiary/aromatic N) is 1. The highest BCUT2D eigenvalue weighted by molar-refractivity contribution is 8.00. The minimum atomic E-state index is -3.74. The highest BCUT2D eigenvalue weighted by Gasteiger charge is 2.15. The first-order chi connectivity index (χ1) is 14.8. The molecule has 0 spiro atoms. The van der Waals surface area contributed by atoms with Crippen molar-refractivity contribution in [2.75, 3.05) is 26.9 Å². The number of rotatable bonds is 9. The van der Waals surface area contributed by atoms with Crippen LogP contribution in [0.4, 0.5) is 16.5 Å². The molecule has 1 heterocycles. The van der Waals surface area contributed by atoms with Crippen molar-refractivity contribution in [1.82, 2.24) is 4.98 Å². The van der Waals surface area contributed by atoms with Crippen molar-refractivity contribution < 1.29 is 18.0 Å². The normalized spacial score (nSPS) is 11.0. The lowest BCUT2D eigenvalue weighted by atomic mass is 10.2. The van der Waals surface area contributed by atoms with Crippen molar-refractivity contribution in [2.45, 2.75) is 11.8 Å². The van der Waals surface area contributed by atoms with Crippen LogP contribution < -0.4 is 15.4 Å². The van der Waals surface area contributed by atoms with Crippen LogP contribution in [0.25, 0.3) is 0 Å². The Morgan fingerprint density at radius 3 is 2.29 bits per heavy atom. The lowest BCUT2D eigenvalue weighted by molar-refractivity contribution is -0.114. The Balaban J connectivity index is 1.44. The number of anilines is 3. The van der Waals surface area contributed by atoms with Gasteiger partial charge in [-0.2, -0.15) is 0 Å². The van der Waals surface area contributed by atoms with Gasteiger partial charge in [0.15, 0.2) is 5.13 Å². The molecule has 0 unspecified atom stereocenters. The molecule has 31 heavy (non-hydrogen) atoms. The van der Waals surface area contributed by atoms with Gasteiger partial charge in [-0.3, -0.25) is 14.3 Å². The van der Waals surface area contributed by atoms with Crippen LogP contribution in [0.5, 0.6) is 0 Å². The number of aromatic nitrogens is 1. The maximum absolute atomic E-state index is 12.3. The second-order valence-corrected chi connectivity index (χ2v) is 9.99. The number of carbonyl (C=O) groups is 2. The Morgan fingerprint density at radius 2 is 1.68 bits per heavy atom. The van der Waals surface area contributed by atoms with Gasteiger partial charge in [0.2, 0.25) is 11.8 Å². The molecule has 162 valence electrons. The quantitative estimate of drug-likeness (QED) is 0.435. The third kappa shape index (κ3) is 7.09. The van der Waals surface area contributed by atoms with E-state index >= 15 is 0 Å². The fraction of sp³-hybridized carbons (Fsp3) is 0.150. The standard InChI is InChI=1S/C20H20N4O4S3/c1-14-3-2-4-16(11-14)23-19(26)13-29-12-18(25)22-15-5-7-17(8-6-15)31(27,28)24-20-21-9-10-30-20/h2-11H,12-13H2,1H3,(H,21,24)(H,22,25)(H,23,26). The molecule has 0 fully saturated rings. The molecular weight excluding hydrogens is 456 g/mol. The van der Waals surface area contributed by atoms with Gasteiger partial charge in [-0.05, 0) is 48.9 Å². The number of sulfonamides is 1. The van der Waals surface area contributed by atoms with Gasteiger partial charge in [0.25, 0.3) is 10.0 Å². The Morgan fingerprint density at radius 1 is 1.00 bits per heavy atom. The van der Waals surface area contributed by atoms with Crippen molar-refractivity contribution >= 4 is 61.4 Å². The fourth-order valence-corrected chi connectivity index (χ4v) is 4.92. The molecule has 3 rings (SSSR count). The maximum Gasteiger partial charge on any atom is 0.263 e. The van der Waals surface area contributed by atoms with Gasteiger partial charge in [-0.15, -0.1) is 23.1 Å². The molecule has 0 atom stereocenters. The van der Waals surface area contributed by atoms with E-state index in [-0.39, 0.29) is 33.3 Å². The summed E-state index contributed by atoms with van der Waals surface area (Å²) in [5.41, 5.74) is 2.22. The number of carbonyl (C=O) groups excluding carboxylic acids is 2. The first-order valence-corrected chi connectivity index (χ1v) is 12.6. The van der Waals surface area contributed by atoms with Gasteiger partial charge >= 0.3 is 0 Å². The van der Waals surface area contributed by atoms with Crippen molar-refractivity contribution in [3.63, 3.8) is 0 Å². The zero-order valence-corrected chi connectivity index (χ0v) is 18.9. The largest absolute Gasteiger partial charge is 0.325 e. The van der Waals surface area contributed by atoms with Gasteiger partial charge in [0, 0.05) is 23.0 Å². The highest BCUT2D eigenvalue weighted by Crippen LogP contribution is 2.19. The number of benzene rings is 2. The van der Waals surface area contributed by atoms with Crippen LogP contribution in [0.3, 0.4) is 0 Å². The van der Waals surface area contributed by atoms with Crippen LogP contribution in [0, 0.1) is 6.92 Å². The summed E-state index contributed by atoms with van der Waals surface area (Å²) in [7, 11) is -3.74. The van der Waals surface area contributed by atoms with Crippen LogP contribution >= 0.6 is 23.1 Å². The van der Waals surface area contributed by atoms with Gasteiger partial charge in [0.1, 0.15) is 0 Å². The van der Waals surface area contributed by atoms with E-state index < -0.39 is 10.0 Å². The summed E-state index contributed by atoms with van der Waals surface area (Å²) in [6, 6.07) is 13.3. The molecule has 3 N–H and O–H groups in total. The van der Waals surface area contributed by atoms with E-state index in [2.05, 4.69) is 20.3 Å². The molecule has 0 bridgehead atoms. The minimum Gasteiger partial charge on any atom is -0.325 e. The van der Waals surface area contributed by atoms with E-state index in [0.717, 1.165) is 11.3 Å². The molecule has 8 nitrogen and oxygen atoms in total. The fourth-order valence-electron chi connectivity index (χ4n) is 2.52. The van der Waals surface area contributed by atoms with Crippen molar-refractivity contribution in [2.24, 2.45) is 0 Å². The number of hydrogen-bond donors (Lipinski definition) is 3. The molecule has 11 heteroatoms. The lowest BCUT2D eigenvalue weighted by Gasteiger charge is -2.08. The van der Waals surface area contributed by atoms with E-state index in [1.54, 1.807) is 11.4 Å². The summed E-state index contributed by atoms with van der Waals surface area (Å²) in [6.45, 7) is 1.94. The average Bonchev–Trinajstić information content (AvgIpc) is 3.20. The molecule has 0 aliphatic carbocycles. The highest BCUT2D eigenvalue weighted by atomic mass is 32.2. The third-order valence-corrected chi connectivity index (χ3v) is 6.98. The SMILES string of the molecule is Cc1cccc(NC(=O)CSCC(=O)Nc2ccc(S(=O)(=O)Nc3nccs3)cc2)c1. The number of amides is 2. The molecule has 2 amide bonds. The molecule has 1 aromatic heterocycles. The number of nitrogens with one attached hydrogen (secondary N) is 3. The Bertz CT molecular complexity index is 1150. The number of thiazole rings is 1. The molecule has 0 radical (unpaired) electrons. The molecular formula is C20H20N4O4S3. The average molecular weight is 477 g/mol. The second kappa shape index (κ2) is 10.4. The van der Waals surface area contributed by atoms with Gasteiger partial charge in [0.05, 0.1) is 16.4 Å². The maximum atomic E-state index is 12.3. The summed E-state index contributed by atoms with van der Waals surface area (Å²) in [4.78, 5) is 28.0. The molecule has 0 saturated carbocycles. The molecule has 0 aliphatic rings. The Hall–Kier alpha value is -2.89. The molecule has 0 saturated heterocycles. The van der Waals surface area contributed by atoms with E-state index in [4.69, 9.17) is 0 Å². The second-order valence-electron chi connectivity index (χ2n) is 6.43. The van der Waals surface area contributed by atoms with Crippen molar-refractivity contribution in [3.8, 4) is 0 Å². The topological polar surface area (TPSA) is 117 Å². The number of hydrogen-bond acceptors (Lipinski definition) is 7. The summed E-state index contributed by atoms with van der Waals surface area (Å²) in [5, 5.41) is 7.41. The first kappa shape index (κ1) is 22.8. The van der Waals surface area contributed by atoms with Gasteiger partial charge in [-0.25, -0.2) is 13.4 Å². The number of thioether (sulfide) groups is 1. The van der Waals surface area contributed by atoms with Crippen LogP contribution in [-0.2, 0) is 19.6 Å². The van der Waals surface area contributed by atoms with Crippen LogP contribution in [-0.4, -0.2) is 36.7 Å². The zero-order valence-electron chi connectivity index (χ0n) is 16.5. The Kier molecular flexibility index (Phi) is 7.66. The molecule has 2 aromatic carbocycles. The first-order valence-electron chi connectivity index (χ1n) is 9.08. The molecule has 0 aliphatic heterocycles. The summed E-state index contributed by atoms with van der Waals surface area (Å²) in [6.07, 6.45) is 1.51. The van der Waals surface area contributed by atoms with Crippen LogP contribution in [0.1, 0.15) is 5.56 Å². The zero-order chi connectivity index (χ0) is 22.3. The van der Waals surface area contributed by atoms with E-state index in [1.165, 1.54) is 53.6 Å². The van der Waals surface area contributed by atoms with E-state index in [9.17, 15) is 18.0 Å².